The smallest absolute Gasteiger partial charge is 0.102 e. The van der Waals surface area contributed by atoms with Gasteiger partial charge in [0, 0.05) is 39.0 Å². The van der Waals surface area contributed by atoms with Gasteiger partial charge in [-0.05, 0) is 25.1 Å². The highest BCUT2D eigenvalue weighted by Crippen LogP contribution is 2.30. The minimum atomic E-state index is 0.141. The second kappa shape index (κ2) is 7.07. The van der Waals surface area contributed by atoms with Crippen LogP contribution in [-0.4, -0.2) is 46.1 Å². The molecular weight excluding hydrogens is 252 g/mol. The number of methoxy groups -OCH3 is 2. The molecule has 0 amide bonds. The van der Waals surface area contributed by atoms with Crippen LogP contribution in [0.3, 0.4) is 0 Å². The molecule has 0 aliphatic carbocycles. The highest BCUT2D eigenvalue weighted by Gasteiger charge is 2.34. The van der Waals surface area contributed by atoms with E-state index in [0.717, 1.165) is 19.6 Å². The lowest BCUT2D eigenvalue weighted by atomic mass is 10.1. The second-order valence-corrected chi connectivity index (χ2v) is 5.29. The van der Waals surface area contributed by atoms with Crippen molar-refractivity contribution in [1.82, 2.24) is 5.32 Å². The number of nitrogens with zero attached hydrogens (tertiary/aromatic N) is 1. The van der Waals surface area contributed by atoms with Gasteiger partial charge in [0.05, 0.1) is 0 Å². The van der Waals surface area contributed by atoms with Gasteiger partial charge in [-0.1, -0.05) is 25.1 Å². The van der Waals surface area contributed by atoms with Crippen molar-refractivity contribution in [3.63, 3.8) is 0 Å². The number of hydrogen-bond acceptors (Lipinski definition) is 4. The molecule has 0 saturated carbocycles. The zero-order valence-corrected chi connectivity index (χ0v) is 12.9. The molecule has 112 valence electrons. The molecule has 4 heteroatoms. The molecule has 1 heterocycles. The van der Waals surface area contributed by atoms with E-state index in [-0.39, 0.29) is 12.2 Å². The average molecular weight is 278 g/mol. The van der Waals surface area contributed by atoms with E-state index in [4.69, 9.17) is 9.47 Å². The van der Waals surface area contributed by atoms with Crippen LogP contribution >= 0.6 is 0 Å². The molecule has 2 rings (SSSR count). The Morgan fingerprint density at radius 2 is 1.80 bits per heavy atom. The number of nitrogens with one attached hydrogen (secondary N) is 1. The van der Waals surface area contributed by atoms with Gasteiger partial charge in [-0.25, -0.2) is 0 Å². The maximum absolute atomic E-state index is 5.53. The van der Waals surface area contributed by atoms with Gasteiger partial charge in [-0.15, -0.1) is 0 Å². The summed E-state index contributed by atoms with van der Waals surface area (Å²) in [4.78, 5) is 2.37. The Kier molecular flexibility index (Phi) is 5.40. The Labute approximate surface area is 122 Å². The first-order valence-corrected chi connectivity index (χ1v) is 7.34. The summed E-state index contributed by atoms with van der Waals surface area (Å²) in [5, 5.41) is 3.49. The fraction of sp³-hybridized carbons (Fsp3) is 0.625. The molecule has 1 aromatic carbocycles. The zero-order valence-electron chi connectivity index (χ0n) is 12.9. The van der Waals surface area contributed by atoms with Crippen molar-refractivity contribution in [2.45, 2.75) is 32.1 Å². The Hall–Kier alpha value is -1.10. The Balaban J connectivity index is 2.21. The molecular formula is C16H26N2O2. The third kappa shape index (κ3) is 3.14. The van der Waals surface area contributed by atoms with Crippen molar-refractivity contribution in [1.29, 1.82) is 0 Å². The highest BCUT2D eigenvalue weighted by molar-refractivity contribution is 5.56. The molecule has 0 spiro atoms. The predicted octanol–water partition coefficient (Wildman–Crippen LogP) is 2.21. The van der Waals surface area contributed by atoms with Crippen LogP contribution < -0.4 is 10.2 Å². The van der Waals surface area contributed by atoms with Crippen LogP contribution in [0.5, 0.6) is 0 Å². The van der Waals surface area contributed by atoms with E-state index in [1.54, 1.807) is 14.2 Å². The Morgan fingerprint density at radius 3 is 2.35 bits per heavy atom. The quantitative estimate of drug-likeness (QED) is 0.865. The maximum Gasteiger partial charge on any atom is 0.102 e. The number of ether oxygens (including phenoxy) is 2. The summed E-state index contributed by atoms with van der Waals surface area (Å²) >= 11 is 0. The number of hydrogen-bond donors (Lipinski definition) is 1. The molecule has 0 aromatic heterocycles. The molecule has 1 N–H and O–H groups in total. The van der Waals surface area contributed by atoms with Gasteiger partial charge in [0.1, 0.15) is 12.2 Å². The van der Waals surface area contributed by atoms with Crippen LogP contribution in [0.4, 0.5) is 5.69 Å². The second-order valence-electron chi connectivity index (χ2n) is 5.29. The van der Waals surface area contributed by atoms with Gasteiger partial charge in [0.15, 0.2) is 0 Å². The van der Waals surface area contributed by atoms with E-state index in [1.165, 1.54) is 11.3 Å². The summed E-state index contributed by atoms with van der Waals surface area (Å²) in [6.45, 7) is 7.07. The topological polar surface area (TPSA) is 33.7 Å². The first-order valence-electron chi connectivity index (χ1n) is 7.34. The van der Waals surface area contributed by atoms with Gasteiger partial charge < -0.3 is 19.7 Å². The van der Waals surface area contributed by atoms with Crippen molar-refractivity contribution < 1.29 is 9.47 Å². The number of para-hydroxylation sites is 1. The largest absolute Gasteiger partial charge is 0.377 e. The van der Waals surface area contributed by atoms with Gasteiger partial charge in [-0.3, -0.25) is 0 Å². The van der Waals surface area contributed by atoms with Crippen molar-refractivity contribution in [3.05, 3.63) is 29.8 Å². The van der Waals surface area contributed by atoms with Crippen molar-refractivity contribution in [3.8, 4) is 0 Å². The molecule has 0 radical (unpaired) electrons. The van der Waals surface area contributed by atoms with Crippen LogP contribution in [0.2, 0.25) is 0 Å². The van der Waals surface area contributed by atoms with Crippen molar-refractivity contribution in [2.75, 3.05) is 38.8 Å². The maximum atomic E-state index is 5.53. The van der Waals surface area contributed by atoms with Crippen LogP contribution in [0.1, 0.15) is 25.5 Å². The number of anilines is 1. The molecule has 20 heavy (non-hydrogen) atoms. The lowest BCUT2D eigenvalue weighted by Crippen LogP contribution is -2.27. The fourth-order valence-electron chi connectivity index (χ4n) is 2.95. The van der Waals surface area contributed by atoms with Crippen LogP contribution in [0.15, 0.2) is 24.3 Å². The van der Waals surface area contributed by atoms with E-state index < -0.39 is 0 Å². The monoisotopic (exact) mass is 278 g/mol. The van der Waals surface area contributed by atoms with Crippen LogP contribution in [0, 0.1) is 0 Å². The van der Waals surface area contributed by atoms with Gasteiger partial charge in [-0.2, -0.15) is 0 Å². The summed E-state index contributed by atoms with van der Waals surface area (Å²) in [6.07, 6.45) is 0.282. The lowest BCUT2D eigenvalue weighted by molar-refractivity contribution is -0.00461. The molecule has 1 saturated heterocycles. The molecule has 3 unspecified atom stereocenters. The van der Waals surface area contributed by atoms with Crippen LogP contribution in [0.25, 0.3) is 0 Å². The third-order valence-electron chi connectivity index (χ3n) is 4.08. The summed E-state index contributed by atoms with van der Waals surface area (Å²) in [5.41, 5.74) is 2.61. The zero-order chi connectivity index (χ0) is 14.5. The van der Waals surface area contributed by atoms with Crippen LogP contribution in [-0.2, 0) is 9.47 Å². The summed E-state index contributed by atoms with van der Waals surface area (Å²) in [5.74, 6) is 0. The minimum absolute atomic E-state index is 0.141. The fourth-order valence-corrected chi connectivity index (χ4v) is 2.95. The van der Waals surface area contributed by atoms with E-state index >= 15 is 0 Å². The molecule has 4 nitrogen and oxygen atoms in total. The SMILES string of the molecule is CCNC(C)c1ccccc1N1CC(OC)C(OC)C1. The Bertz CT molecular complexity index is 413. The Morgan fingerprint density at radius 1 is 1.20 bits per heavy atom. The first kappa shape index (κ1) is 15.3. The van der Waals surface area contributed by atoms with E-state index in [9.17, 15) is 0 Å². The van der Waals surface area contributed by atoms with Gasteiger partial charge >= 0.3 is 0 Å². The van der Waals surface area contributed by atoms with E-state index in [0.29, 0.717) is 6.04 Å². The number of benzene rings is 1. The summed E-state index contributed by atoms with van der Waals surface area (Å²) in [6, 6.07) is 8.93. The number of rotatable bonds is 6. The standard InChI is InChI=1S/C16H26N2O2/c1-5-17-12(2)13-8-6-7-9-14(13)18-10-15(19-3)16(11-18)20-4/h6-9,12,15-17H,5,10-11H2,1-4H3. The molecule has 1 aliphatic heterocycles. The first-order chi connectivity index (χ1) is 9.71. The molecule has 1 fully saturated rings. The average Bonchev–Trinajstić information content (AvgIpc) is 2.90. The molecule has 1 aromatic rings. The highest BCUT2D eigenvalue weighted by atomic mass is 16.5. The molecule has 3 atom stereocenters. The normalized spacial score (nSPS) is 24.1. The van der Waals surface area contributed by atoms with E-state index in [2.05, 4.69) is 48.3 Å². The lowest BCUT2D eigenvalue weighted by Gasteiger charge is -2.25. The minimum Gasteiger partial charge on any atom is -0.377 e. The van der Waals surface area contributed by atoms with E-state index in [1.807, 2.05) is 0 Å². The summed E-state index contributed by atoms with van der Waals surface area (Å²) in [7, 11) is 3.51. The van der Waals surface area contributed by atoms with Gasteiger partial charge in [0.2, 0.25) is 0 Å². The van der Waals surface area contributed by atoms with Crippen molar-refractivity contribution in [2.24, 2.45) is 0 Å². The molecule has 1 aliphatic rings. The molecule has 0 bridgehead atoms. The summed E-state index contributed by atoms with van der Waals surface area (Å²) < 4.78 is 11.1. The predicted molar refractivity (Wildman–Crippen MR) is 82.3 cm³/mol. The third-order valence-corrected chi connectivity index (χ3v) is 4.08. The van der Waals surface area contributed by atoms with Gasteiger partial charge in [0.25, 0.3) is 0 Å². The van der Waals surface area contributed by atoms with Crippen molar-refractivity contribution >= 4 is 5.69 Å².